The Balaban J connectivity index is 0.00000363. The van der Waals surface area contributed by atoms with E-state index in [1.54, 1.807) is 18.5 Å². The Morgan fingerprint density at radius 1 is 1.28 bits per heavy atom. The first-order chi connectivity index (χ1) is 15.0. The second kappa shape index (κ2) is 13.1. The number of hydrogen-bond donors (Lipinski definition) is 1. The van der Waals surface area contributed by atoms with E-state index in [0.29, 0.717) is 23.7 Å². The molecule has 2 aromatic rings. The van der Waals surface area contributed by atoms with Crippen molar-refractivity contribution in [1.29, 1.82) is 0 Å². The summed E-state index contributed by atoms with van der Waals surface area (Å²) in [7, 11) is 0. The van der Waals surface area contributed by atoms with Gasteiger partial charge in [0, 0.05) is 62.8 Å². The van der Waals surface area contributed by atoms with E-state index >= 15 is 0 Å². The number of nitrogens with zero attached hydrogens (tertiary/aromatic N) is 6. The van der Waals surface area contributed by atoms with Crippen LogP contribution < -0.4 is 5.32 Å². The first kappa shape index (κ1) is 26.5. The normalized spacial score (nSPS) is 14.9. The van der Waals surface area contributed by atoms with Gasteiger partial charge in [-0.15, -0.1) is 34.2 Å². The minimum absolute atomic E-state index is 0. The van der Waals surface area contributed by atoms with Crippen molar-refractivity contribution in [1.82, 2.24) is 29.9 Å². The van der Waals surface area contributed by atoms with Gasteiger partial charge in [-0.25, -0.2) is 9.38 Å². The summed E-state index contributed by atoms with van der Waals surface area (Å²) in [6, 6.07) is 4.84. The third-order valence-electron chi connectivity index (χ3n) is 5.26. The molecule has 1 aliphatic heterocycles. The number of aliphatic imine (C=N–C) groups is 1. The molecule has 32 heavy (non-hydrogen) atoms. The van der Waals surface area contributed by atoms with Crippen LogP contribution in [0, 0.1) is 5.82 Å². The number of rotatable bonds is 8. The molecule has 0 saturated carbocycles. The summed E-state index contributed by atoms with van der Waals surface area (Å²) >= 11 is 6.19. The molecule has 1 N–H and O–H groups in total. The summed E-state index contributed by atoms with van der Waals surface area (Å²) in [6.45, 7) is 13.8. The number of halogens is 3. The summed E-state index contributed by atoms with van der Waals surface area (Å²) in [6.07, 6.45) is 2.61. The van der Waals surface area contributed by atoms with Gasteiger partial charge in [0.15, 0.2) is 5.96 Å². The van der Waals surface area contributed by atoms with Gasteiger partial charge in [0.25, 0.3) is 0 Å². The maximum Gasteiger partial charge on any atom is 0.194 e. The lowest BCUT2D eigenvalue weighted by molar-refractivity contribution is 0.171. The molecule has 3 rings (SSSR count). The van der Waals surface area contributed by atoms with Gasteiger partial charge in [-0.2, -0.15) is 0 Å². The number of hydrogen-bond acceptors (Lipinski definition) is 4. The summed E-state index contributed by atoms with van der Waals surface area (Å²) in [5.41, 5.74) is 1.58. The van der Waals surface area contributed by atoms with Gasteiger partial charge in [0.1, 0.15) is 18.0 Å². The predicted molar refractivity (Wildman–Crippen MR) is 138 cm³/mol. The van der Waals surface area contributed by atoms with E-state index in [0.717, 1.165) is 63.0 Å². The average molecular weight is 576 g/mol. The molecule has 1 aliphatic rings. The third-order valence-corrected chi connectivity index (χ3v) is 5.62. The first-order valence-corrected chi connectivity index (χ1v) is 11.0. The summed E-state index contributed by atoms with van der Waals surface area (Å²) in [5.74, 6) is 1.60. The van der Waals surface area contributed by atoms with Gasteiger partial charge in [0.2, 0.25) is 0 Å². The zero-order valence-electron chi connectivity index (χ0n) is 18.7. The number of nitrogens with one attached hydrogen (secondary N) is 1. The summed E-state index contributed by atoms with van der Waals surface area (Å²) in [5, 5.41) is 12.1. The highest BCUT2D eigenvalue weighted by Crippen LogP contribution is 2.21. The van der Waals surface area contributed by atoms with Gasteiger partial charge in [0.05, 0.1) is 6.54 Å². The largest absolute Gasteiger partial charge is 0.354 e. The molecule has 0 bridgehead atoms. The molecule has 2 heterocycles. The number of guanidine groups is 1. The van der Waals surface area contributed by atoms with Gasteiger partial charge in [-0.1, -0.05) is 36.7 Å². The molecule has 1 aromatic carbocycles. The molecule has 0 spiro atoms. The second-order valence-electron chi connectivity index (χ2n) is 7.78. The van der Waals surface area contributed by atoms with Crippen LogP contribution in [-0.2, 0) is 19.5 Å². The lowest BCUT2D eigenvalue weighted by Gasteiger charge is -2.36. The minimum Gasteiger partial charge on any atom is -0.354 e. The van der Waals surface area contributed by atoms with Crippen LogP contribution in [0.25, 0.3) is 0 Å². The fourth-order valence-electron chi connectivity index (χ4n) is 3.53. The fraction of sp³-hybridized carbons (Fsp3) is 0.500. The molecule has 176 valence electrons. The van der Waals surface area contributed by atoms with E-state index in [-0.39, 0.29) is 29.8 Å². The van der Waals surface area contributed by atoms with Crippen molar-refractivity contribution >= 4 is 41.5 Å². The maximum atomic E-state index is 14.1. The van der Waals surface area contributed by atoms with Crippen molar-refractivity contribution in [2.75, 3.05) is 39.3 Å². The van der Waals surface area contributed by atoms with Crippen molar-refractivity contribution in [3.05, 3.63) is 58.9 Å². The predicted octanol–water partition coefficient (Wildman–Crippen LogP) is 3.59. The van der Waals surface area contributed by atoms with E-state index in [4.69, 9.17) is 16.6 Å². The van der Waals surface area contributed by atoms with E-state index < -0.39 is 0 Å². The number of aromatic nitrogens is 3. The van der Waals surface area contributed by atoms with Crippen LogP contribution in [0.15, 0.2) is 41.7 Å². The molecule has 0 radical (unpaired) electrons. The van der Waals surface area contributed by atoms with Crippen LogP contribution in [0.1, 0.15) is 25.2 Å². The Kier molecular flexibility index (Phi) is 10.9. The Bertz CT molecular complexity index is 889. The molecule has 0 atom stereocenters. The smallest absolute Gasteiger partial charge is 0.194 e. The first-order valence-electron chi connectivity index (χ1n) is 10.7. The van der Waals surface area contributed by atoms with Crippen LogP contribution in [-0.4, -0.2) is 69.8 Å². The Labute approximate surface area is 211 Å². The number of piperazine rings is 1. The molecular formula is C22H32ClFIN7. The quantitative estimate of drug-likeness (QED) is 0.226. The molecule has 1 fully saturated rings. The molecule has 1 aromatic heterocycles. The Morgan fingerprint density at radius 3 is 2.69 bits per heavy atom. The van der Waals surface area contributed by atoms with Crippen molar-refractivity contribution in [2.45, 2.75) is 33.4 Å². The monoisotopic (exact) mass is 575 g/mol. The zero-order chi connectivity index (χ0) is 22.2. The van der Waals surface area contributed by atoms with E-state index in [1.807, 2.05) is 6.92 Å². The van der Waals surface area contributed by atoms with Crippen molar-refractivity contribution in [2.24, 2.45) is 4.99 Å². The van der Waals surface area contributed by atoms with Gasteiger partial charge in [-0.05, 0) is 19.1 Å². The van der Waals surface area contributed by atoms with Crippen LogP contribution in [0.5, 0.6) is 0 Å². The second-order valence-corrected chi connectivity index (χ2v) is 8.19. The molecule has 0 aliphatic carbocycles. The average Bonchev–Trinajstić information content (AvgIpc) is 3.21. The van der Waals surface area contributed by atoms with Crippen molar-refractivity contribution < 1.29 is 4.39 Å². The summed E-state index contributed by atoms with van der Waals surface area (Å²) < 4.78 is 16.2. The standard InChI is InChI=1S/C22H31ClFN7.HI/c1-4-21-28-27-16-31(21)9-8-25-22(26-14-17(2)3)30-12-10-29(11-13-30)15-18-19(23)6-5-7-20(18)24;/h5-7,16H,2,4,8-15H2,1,3H3,(H,25,26);1H. The van der Waals surface area contributed by atoms with Crippen LogP contribution in [0.4, 0.5) is 4.39 Å². The topological polar surface area (TPSA) is 61.6 Å². The van der Waals surface area contributed by atoms with Crippen LogP contribution >= 0.6 is 35.6 Å². The van der Waals surface area contributed by atoms with Crippen molar-refractivity contribution in [3.63, 3.8) is 0 Å². The third kappa shape index (κ3) is 7.41. The lowest BCUT2D eigenvalue weighted by Crippen LogP contribution is -2.52. The summed E-state index contributed by atoms with van der Waals surface area (Å²) in [4.78, 5) is 9.21. The maximum absolute atomic E-state index is 14.1. The lowest BCUT2D eigenvalue weighted by atomic mass is 10.2. The Hall–Kier alpha value is -1.72. The van der Waals surface area contributed by atoms with Crippen molar-refractivity contribution in [3.8, 4) is 0 Å². The van der Waals surface area contributed by atoms with Crippen LogP contribution in [0.2, 0.25) is 5.02 Å². The van der Waals surface area contributed by atoms with E-state index in [9.17, 15) is 4.39 Å². The molecule has 1 saturated heterocycles. The molecule has 0 amide bonds. The molecule has 7 nitrogen and oxygen atoms in total. The highest BCUT2D eigenvalue weighted by molar-refractivity contribution is 14.0. The Morgan fingerprint density at radius 2 is 2.03 bits per heavy atom. The SMILES string of the molecule is C=C(C)CN=C(NCCn1cnnc1CC)N1CCN(Cc2c(F)cccc2Cl)CC1.I. The fourth-order valence-corrected chi connectivity index (χ4v) is 3.75. The van der Waals surface area contributed by atoms with Gasteiger partial charge >= 0.3 is 0 Å². The number of benzene rings is 1. The molecule has 0 unspecified atom stereocenters. The van der Waals surface area contributed by atoms with Gasteiger partial charge < -0.3 is 14.8 Å². The molecular weight excluding hydrogens is 544 g/mol. The zero-order valence-corrected chi connectivity index (χ0v) is 21.8. The number of aryl methyl sites for hydroxylation is 1. The highest BCUT2D eigenvalue weighted by Gasteiger charge is 2.21. The van der Waals surface area contributed by atoms with Gasteiger partial charge in [-0.3, -0.25) is 4.90 Å². The highest BCUT2D eigenvalue weighted by atomic mass is 127. The molecule has 10 heteroatoms. The van der Waals surface area contributed by atoms with E-state index in [1.165, 1.54) is 6.07 Å². The van der Waals surface area contributed by atoms with Crippen LogP contribution in [0.3, 0.4) is 0 Å². The minimum atomic E-state index is -0.249. The van der Waals surface area contributed by atoms with E-state index in [2.05, 4.69) is 43.4 Å².